The molecule has 0 amide bonds. The van der Waals surface area contributed by atoms with Crippen molar-refractivity contribution in [3.63, 3.8) is 0 Å². The summed E-state index contributed by atoms with van der Waals surface area (Å²) >= 11 is 0. The third-order valence-electron chi connectivity index (χ3n) is 10.6. The van der Waals surface area contributed by atoms with Gasteiger partial charge in [0.1, 0.15) is 13.2 Å². The number of esters is 3. The number of ether oxygens (including phenoxy) is 3. The first kappa shape index (κ1) is 50.4. The van der Waals surface area contributed by atoms with E-state index in [0.717, 1.165) is 69.6 Å². The van der Waals surface area contributed by atoms with Gasteiger partial charge in [-0.15, -0.1) is 0 Å². The Kier molecular flexibility index (Phi) is 37.9. The molecule has 0 radical (unpaired) electrons. The van der Waals surface area contributed by atoms with E-state index in [1.807, 2.05) is 0 Å². The minimum absolute atomic E-state index is 0.0656. The van der Waals surface area contributed by atoms with Crippen LogP contribution < -0.4 is 0 Å². The number of hydrogen-bond acceptors (Lipinski definition) is 6. The Morgan fingerprint density at radius 1 is 0.404 bits per heavy atom. The number of carbonyl (C=O) groups excluding carboxylic acids is 3. The second-order valence-electron chi connectivity index (χ2n) is 16.4. The number of rotatable bonds is 40. The van der Waals surface area contributed by atoms with Gasteiger partial charge in [-0.25, -0.2) is 0 Å². The molecule has 0 saturated heterocycles. The molecule has 0 spiro atoms. The normalized spacial score (nSPS) is 12.6. The summed E-state index contributed by atoms with van der Waals surface area (Å²) in [5.41, 5.74) is 0. The van der Waals surface area contributed by atoms with Gasteiger partial charge in [0.05, 0.1) is 0 Å². The monoisotopic (exact) mass is 737 g/mol. The second kappa shape index (κ2) is 39.1. The topological polar surface area (TPSA) is 78.9 Å². The van der Waals surface area contributed by atoms with E-state index in [0.29, 0.717) is 19.3 Å². The second-order valence-corrected chi connectivity index (χ2v) is 16.4. The molecule has 0 aliphatic rings. The van der Waals surface area contributed by atoms with Crippen LogP contribution in [0.15, 0.2) is 0 Å². The van der Waals surface area contributed by atoms with E-state index in [9.17, 15) is 14.4 Å². The zero-order valence-corrected chi connectivity index (χ0v) is 35.4. The van der Waals surface area contributed by atoms with Gasteiger partial charge in [0.15, 0.2) is 6.10 Å². The van der Waals surface area contributed by atoms with E-state index in [1.165, 1.54) is 135 Å². The van der Waals surface area contributed by atoms with E-state index >= 15 is 0 Å². The van der Waals surface area contributed by atoms with Crippen LogP contribution in [-0.2, 0) is 28.6 Å². The van der Waals surface area contributed by atoms with Crippen LogP contribution in [0.5, 0.6) is 0 Å². The van der Waals surface area contributed by atoms with E-state index in [4.69, 9.17) is 14.2 Å². The average molecular weight is 737 g/mol. The molecule has 0 aromatic rings. The SMILES string of the molecule is CCCCCCCCCCCCCCC(=O)OC[C@@H](COC(=O)CCCCCCCCCCC(C)CC)OC(=O)CCCCCCCCCC(C)C. The van der Waals surface area contributed by atoms with Crippen molar-refractivity contribution in [1.29, 1.82) is 0 Å². The van der Waals surface area contributed by atoms with Crippen LogP contribution in [0.3, 0.4) is 0 Å². The lowest BCUT2D eigenvalue weighted by atomic mass is 9.99. The summed E-state index contributed by atoms with van der Waals surface area (Å²) < 4.78 is 16.7. The Morgan fingerprint density at radius 3 is 1.10 bits per heavy atom. The van der Waals surface area contributed by atoms with Gasteiger partial charge >= 0.3 is 17.9 Å². The van der Waals surface area contributed by atoms with Gasteiger partial charge in [-0.3, -0.25) is 14.4 Å². The molecule has 6 nitrogen and oxygen atoms in total. The van der Waals surface area contributed by atoms with Gasteiger partial charge in [0.2, 0.25) is 0 Å². The Bertz CT molecular complexity index is 796. The molecule has 0 aromatic carbocycles. The smallest absolute Gasteiger partial charge is 0.306 e. The molecule has 0 aliphatic carbocycles. The van der Waals surface area contributed by atoms with Crippen LogP contribution in [0, 0.1) is 11.8 Å². The summed E-state index contributed by atoms with van der Waals surface area (Å²) in [6, 6.07) is 0. The summed E-state index contributed by atoms with van der Waals surface area (Å²) in [7, 11) is 0. The van der Waals surface area contributed by atoms with Crippen LogP contribution in [0.2, 0.25) is 0 Å². The highest BCUT2D eigenvalue weighted by molar-refractivity contribution is 5.71. The molecule has 52 heavy (non-hydrogen) atoms. The van der Waals surface area contributed by atoms with Crippen molar-refractivity contribution in [2.45, 2.75) is 253 Å². The van der Waals surface area contributed by atoms with E-state index in [2.05, 4.69) is 34.6 Å². The van der Waals surface area contributed by atoms with E-state index in [-0.39, 0.29) is 31.1 Å². The predicted molar refractivity (Wildman–Crippen MR) is 220 cm³/mol. The standard InChI is InChI=1S/C46H88O6/c1-6-8-9-10-11-12-13-14-15-21-26-31-36-44(47)50-39-43(52-46(49)38-33-28-23-18-19-24-29-34-41(3)4)40-51-45(48)37-32-27-22-17-16-20-25-30-35-42(5)7-2/h41-43H,6-40H2,1-5H3/t42?,43-/m0/s1. The van der Waals surface area contributed by atoms with Crippen molar-refractivity contribution in [2.75, 3.05) is 13.2 Å². The first-order chi connectivity index (χ1) is 25.3. The minimum Gasteiger partial charge on any atom is -0.462 e. The highest BCUT2D eigenvalue weighted by Gasteiger charge is 2.19. The zero-order valence-electron chi connectivity index (χ0n) is 35.4. The van der Waals surface area contributed by atoms with E-state index < -0.39 is 6.10 Å². The van der Waals surface area contributed by atoms with Crippen molar-refractivity contribution in [2.24, 2.45) is 11.8 Å². The van der Waals surface area contributed by atoms with Crippen molar-refractivity contribution >= 4 is 17.9 Å². The summed E-state index contributed by atoms with van der Waals surface area (Å²) in [4.78, 5) is 37.7. The number of carbonyl (C=O) groups is 3. The lowest BCUT2D eigenvalue weighted by Gasteiger charge is -2.18. The number of hydrogen-bond donors (Lipinski definition) is 0. The van der Waals surface area contributed by atoms with Crippen LogP contribution in [0.4, 0.5) is 0 Å². The molecule has 2 atom stereocenters. The van der Waals surface area contributed by atoms with Gasteiger partial charge < -0.3 is 14.2 Å². The Labute approximate surface area is 323 Å². The molecule has 0 aromatic heterocycles. The molecule has 0 heterocycles. The predicted octanol–water partition coefficient (Wildman–Crippen LogP) is 14.2. The van der Waals surface area contributed by atoms with Gasteiger partial charge in [-0.1, -0.05) is 208 Å². The Morgan fingerprint density at radius 2 is 0.731 bits per heavy atom. The van der Waals surface area contributed by atoms with E-state index in [1.54, 1.807) is 0 Å². The molecule has 6 heteroatoms. The lowest BCUT2D eigenvalue weighted by molar-refractivity contribution is -0.167. The highest BCUT2D eigenvalue weighted by atomic mass is 16.6. The van der Waals surface area contributed by atoms with Crippen molar-refractivity contribution < 1.29 is 28.6 Å². The third kappa shape index (κ3) is 38.1. The van der Waals surface area contributed by atoms with Crippen molar-refractivity contribution in [3.05, 3.63) is 0 Å². The third-order valence-corrected chi connectivity index (χ3v) is 10.6. The first-order valence-corrected chi connectivity index (χ1v) is 22.8. The minimum atomic E-state index is -0.761. The Hall–Kier alpha value is -1.59. The average Bonchev–Trinajstić information content (AvgIpc) is 3.12. The summed E-state index contributed by atoms with van der Waals surface area (Å²) in [6.07, 6.45) is 36.6. The van der Waals surface area contributed by atoms with Gasteiger partial charge in [0.25, 0.3) is 0 Å². The van der Waals surface area contributed by atoms with Crippen molar-refractivity contribution in [3.8, 4) is 0 Å². The number of unbranched alkanes of at least 4 members (excludes halogenated alkanes) is 24. The quantitative estimate of drug-likeness (QED) is 0.0354. The molecular weight excluding hydrogens is 648 g/mol. The maximum Gasteiger partial charge on any atom is 0.306 e. The van der Waals surface area contributed by atoms with Gasteiger partial charge in [-0.05, 0) is 31.1 Å². The lowest BCUT2D eigenvalue weighted by Crippen LogP contribution is -2.30. The molecule has 0 aliphatic heterocycles. The molecule has 1 unspecified atom stereocenters. The van der Waals surface area contributed by atoms with Crippen LogP contribution in [0.1, 0.15) is 247 Å². The highest BCUT2D eigenvalue weighted by Crippen LogP contribution is 2.17. The Balaban J connectivity index is 4.34. The molecule has 0 bridgehead atoms. The van der Waals surface area contributed by atoms with Crippen LogP contribution in [-0.4, -0.2) is 37.2 Å². The largest absolute Gasteiger partial charge is 0.462 e. The fourth-order valence-corrected chi connectivity index (χ4v) is 6.72. The summed E-state index contributed by atoms with van der Waals surface area (Å²) in [5.74, 6) is 0.764. The molecular formula is C46H88O6. The van der Waals surface area contributed by atoms with Gasteiger partial charge in [-0.2, -0.15) is 0 Å². The first-order valence-electron chi connectivity index (χ1n) is 22.8. The van der Waals surface area contributed by atoms with Crippen molar-refractivity contribution in [1.82, 2.24) is 0 Å². The molecule has 0 N–H and O–H groups in total. The molecule has 0 fully saturated rings. The fraction of sp³-hybridized carbons (Fsp3) is 0.935. The molecule has 308 valence electrons. The summed E-state index contributed by atoms with van der Waals surface area (Å²) in [5, 5.41) is 0. The maximum absolute atomic E-state index is 12.7. The summed E-state index contributed by atoms with van der Waals surface area (Å²) in [6.45, 7) is 11.3. The molecule has 0 rings (SSSR count). The zero-order chi connectivity index (χ0) is 38.3. The van der Waals surface area contributed by atoms with Crippen LogP contribution in [0.25, 0.3) is 0 Å². The molecule has 0 saturated carbocycles. The maximum atomic E-state index is 12.7. The van der Waals surface area contributed by atoms with Crippen LogP contribution >= 0.6 is 0 Å². The van der Waals surface area contributed by atoms with Gasteiger partial charge in [0, 0.05) is 19.3 Å². The fourth-order valence-electron chi connectivity index (χ4n) is 6.72.